The summed E-state index contributed by atoms with van der Waals surface area (Å²) in [4.78, 5) is 57.1. The summed E-state index contributed by atoms with van der Waals surface area (Å²) in [5.41, 5.74) is 8.53. The van der Waals surface area contributed by atoms with E-state index in [2.05, 4.69) is 21.2 Å². The molecule has 1 aromatic rings. The fraction of sp³-hybridized carbons (Fsp3) is 0.583. The number of nitrogens with two attached hydrogens (primary N) is 1. The molecular weight excluding hydrogens is 436 g/mol. The summed E-state index contributed by atoms with van der Waals surface area (Å²) in [7, 11) is 0. The van der Waals surface area contributed by atoms with Crippen molar-refractivity contribution in [3.63, 3.8) is 0 Å². The summed E-state index contributed by atoms with van der Waals surface area (Å²) < 4.78 is 0. The lowest BCUT2D eigenvalue weighted by Gasteiger charge is -2.36. The van der Waals surface area contributed by atoms with Crippen molar-refractivity contribution in [1.29, 1.82) is 0 Å². The highest BCUT2D eigenvalue weighted by Crippen LogP contribution is 2.31. The van der Waals surface area contributed by atoms with Crippen molar-refractivity contribution in [2.45, 2.75) is 44.3 Å². The Balaban J connectivity index is 1.14. The number of nitrogens with one attached hydrogen (secondary N) is 1. The molecule has 0 radical (unpaired) electrons. The van der Waals surface area contributed by atoms with Crippen molar-refractivity contribution < 1.29 is 19.2 Å². The van der Waals surface area contributed by atoms with Crippen LogP contribution in [0.3, 0.4) is 0 Å². The monoisotopic (exact) mass is 468 g/mol. The molecule has 10 nitrogen and oxygen atoms in total. The molecule has 0 aromatic heterocycles. The average molecular weight is 469 g/mol. The van der Waals surface area contributed by atoms with Gasteiger partial charge in [-0.2, -0.15) is 0 Å². The molecule has 0 bridgehead atoms. The number of hydrogen-bond acceptors (Lipinski definition) is 7. The SMILES string of the molecule is NC1CCN(C(=O)CCN2CCN(c3ccc4c(c3)CN(C3CCC(=O)NC3=O)C4=O)CC2)C1. The lowest BCUT2D eigenvalue weighted by Crippen LogP contribution is -2.52. The van der Waals surface area contributed by atoms with Gasteiger partial charge in [0.25, 0.3) is 5.91 Å². The third-order valence-electron chi connectivity index (χ3n) is 7.46. The summed E-state index contributed by atoms with van der Waals surface area (Å²) in [6, 6.07) is 5.40. The molecule has 4 aliphatic heterocycles. The topological polar surface area (TPSA) is 119 Å². The molecule has 0 aliphatic carbocycles. The number of fused-ring (bicyclic) bond motifs is 1. The Labute approximate surface area is 199 Å². The van der Waals surface area contributed by atoms with Gasteiger partial charge in [-0.3, -0.25) is 29.4 Å². The fourth-order valence-corrected chi connectivity index (χ4v) is 5.41. The lowest BCUT2D eigenvalue weighted by atomic mass is 10.0. The number of hydrogen-bond donors (Lipinski definition) is 2. The molecule has 34 heavy (non-hydrogen) atoms. The summed E-state index contributed by atoms with van der Waals surface area (Å²) in [6.45, 7) is 6.06. The van der Waals surface area contributed by atoms with Crippen LogP contribution in [0.15, 0.2) is 18.2 Å². The van der Waals surface area contributed by atoms with E-state index in [1.807, 2.05) is 17.0 Å². The lowest BCUT2D eigenvalue weighted by molar-refractivity contribution is -0.137. The second kappa shape index (κ2) is 9.34. The predicted molar refractivity (Wildman–Crippen MR) is 125 cm³/mol. The van der Waals surface area contributed by atoms with E-state index in [0.29, 0.717) is 31.5 Å². The Bertz CT molecular complexity index is 1010. The second-order valence-electron chi connectivity index (χ2n) is 9.71. The summed E-state index contributed by atoms with van der Waals surface area (Å²) in [5, 5.41) is 2.34. The number of piperazine rings is 1. The van der Waals surface area contributed by atoms with Crippen LogP contribution < -0.4 is 16.0 Å². The first-order valence-electron chi connectivity index (χ1n) is 12.2. The Morgan fingerprint density at radius 2 is 1.85 bits per heavy atom. The zero-order chi connectivity index (χ0) is 23.8. The smallest absolute Gasteiger partial charge is 0.255 e. The van der Waals surface area contributed by atoms with Gasteiger partial charge >= 0.3 is 0 Å². The minimum absolute atomic E-state index is 0.117. The third kappa shape index (κ3) is 4.52. The van der Waals surface area contributed by atoms with E-state index < -0.39 is 6.04 Å². The molecular formula is C24H32N6O4. The zero-order valence-corrected chi connectivity index (χ0v) is 19.4. The standard InChI is InChI=1S/C24H32N6O4/c25-17-5-8-29(15-17)22(32)6-7-27-9-11-28(12-10-27)18-1-2-19-16(13-18)14-30(24(19)34)20-3-4-21(31)26-23(20)33/h1-2,13,17,20H,3-12,14-15,25H2,(H,26,31,33). The number of benzene rings is 1. The van der Waals surface area contributed by atoms with Crippen molar-refractivity contribution in [1.82, 2.24) is 20.0 Å². The van der Waals surface area contributed by atoms with Gasteiger partial charge in [0.05, 0.1) is 0 Å². The summed E-state index contributed by atoms with van der Waals surface area (Å²) >= 11 is 0. The van der Waals surface area contributed by atoms with Crippen molar-refractivity contribution in [2.75, 3.05) is 50.7 Å². The Morgan fingerprint density at radius 1 is 1.06 bits per heavy atom. The number of nitrogens with zero attached hydrogens (tertiary/aromatic N) is 4. The molecule has 1 aromatic carbocycles. The molecule has 3 N–H and O–H groups in total. The average Bonchev–Trinajstić information content (AvgIpc) is 3.41. The minimum Gasteiger partial charge on any atom is -0.369 e. The van der Waals surface area contributed by atoms with Gasteiger partial charge in [-0.15, -0.1) is 0 Å². The van der Waals surface area contributed by atoms with Gasteiger partial charge in [-0.25, -0.2) is 0 Å². The van der Waals surface area contributed by atoms with Gasteiger partial charge < -0.3 is 20.4 Å². The number of likely N-dealkylation sites (tertiary alicyclic amines) is 1. The van der Waals surface area contributed by atoms with Crippen LogP contribution in [0.2, 0.25) is 0 Å². The highest BCUT2D eigenvalue weighted by Gasteiger charge is 2.39. The molecule has 4 amide bonds. The molecule has 2 atom stereocenters. The van der Waals surface area contributed by atoms with Gasteiger partial charge in [0.1, 0.15) is 6.04 Å². The molecule has 2 unspecified atom stereocenters. The first-order chi connectivity index (χ1) is 16.4. The fourth-order valence-electron chi connectivity index (χ4n) is 5.41. The number of imide groups is 1. The molecule has 4 heterocycles. The van der Waals surface area contributed by atoms with Crippen LogP contribution in [-0.4, -0.2) is 96.2 Å². The van der Waals surface area contributed by atoms with Gasteiger partial charge in [0, 0.05) is 82.5 Å². The zero-order valence-electron chi connectivity index (χ0n) is 19.4. The third-order valence-corrected chi connectivity index (χ3v) is 7.46. The number of carbonyl (C=O) groups is 4. The molecule has 10 heteroatoms. The normalized spacial score (nSPS) is 25.7. The van der Waals surface area contributed by atoms with Crippen LogP contribution >= 0.6 is 0 Å². The summed E-state index contributed by atoms with van der Waals surface area (Å²) in [5.74, 6) is -0.625. The molecule has 3 fully saturated rings. The van der Waals surface area contributed by atoms with Crippen LogP contribution in [0.25, 0.3) is 0 Å². The van der Waals surface area contributed by atoms with Gasteiger partial charge in [-0.1, -0.05) is 0 Å². The van der Waals surface area contributed by atoms with Crippen LogP contribution in [0.4, 0.5) is 5.69 Å². The summed E-state index contributed by atoms with van der Waals surface area (Å²) in [6.07, 6.45) is 2.04. The first-order valence-corrected chi connectivity index (χ1v) is 12.2. The first kappa shape index (κ1) is 22.8. The molecule has 3 saturated heterocycles. The maximum Gasteiger partial charge on any atom is 0.255 e. The second-order valence-corrected chi connectivity index (χ2v) is 9.71. The molecule has 182 valence electrons. The van der Waals surface area contributed by atoms with E-state index in [-0.39, 0.29) is 36.1 Å². The number of piperidine rings is 1. The quantitative estimate of drug-likeness (QED) is 0.560. The van der Waals surface area contributed by atoms with Crippen molar-refractivity contribution in [2.24, 2.45) is 5.73 Å². The van der Waals surface area contributed by atoms with Crippen molar-refractivity contribution >= 4 is 29.3 Å². The Morgan fingerprint density at radius 3 is 2.56 bits per heavy atom. The van der Waals surface area contributed by atoms with Crippen molar-refractivity contribution in [3.8, 4) is 0 Å². The highest BCUT2D eigenvalue weighted by atomic mass is 16.2. The van der Waals surface area contributed by atoms with E-state index in [4.69, 9.17) is 5.73 Å². The predicted octanol–water partition coefficient (Wildman–Crippen LogP) is -0.481. The van der Waals surface area contributed by atoms with Gasteiger partial charge in [0.15, 0.2) is 0 Å². The van der Waals surface area contributed by atoms with Crippen LogP contribution in [0.1, 0.15) is 41.6 Å². The number of carbonyl (C=O) groups excluding carboxylic acids is 4. The number of anilines is 1. The van der Waals surface area contributed by atoms with Gasteiger partial charge in [-0.05, 0) is 36.6 Å². The van der Waals surface area contributed by atoms with Crippen LogP contribution in [0.5, 0.6) is 0 Å². The number of amides is 4. The highest BCUT2D eigenvalue weighted by molar-refractivity contribution is 6.05. The Kier molecular flexibility index (Phi) is 6.26. The maximum absolute atomic E-state index is 12.9. The van der Waals surface area contributed by atoms with E-state index in [1.54, 1.807) is 4.90 Å². The van der Waals surface area contributed by atoms with E-state index >= 15 is 0 Å². The van der Waals surface area contributed by atoms with E-state index in [9.17, 15) is 19.2 Å². The molecule has 0 saturated carbocycles. The number of rotatable bonds is 5. The molecule has 0 spiro atoms. The minimum atomic E-state index is -0.594. The molecule has 4 aliphatic rings. The largest absolute Gasteiger partial charge is 0.369 e. The van der Waals surface area contributed by atoms with Gasteiger partial charge in [0.2, 0.25) is 17.7 Å². The molecule has 5 rings (SSSR count). The van der Waals surface area contributed by atoms with Crippen molar-refractivity contribution in [3.05, 3.63) is 29.3 Å². The maximum atomic E-state index is 12.9. The van der Waals surface area contributed by atoms with E-state index in [0.717, 1.165) is 56.9 Å². The Hall–Kier alpha value is -2.98. The van der Waals surface area contributed by atoms with Crippen LogP contribution in [0, 0.1) is 0 Å². The van der Waals surface area contributed by atoms with Crippen LogP contribution in [-0.2, 0) is 20.9 Å². The van der Waals surface area contributed by atoms with E-state index in [1.165, 1.54) is 0 Å².